The summed E-state index contributed by atoms with van der Waals surface area (Å²) in [6.45, 7) is 1.94. The van der Waals surface area contributed by atoms with E-state index in [-0.39, 0.29) is 5.75 Å². The predicted molar refractivity (Wildman–Crippen MR) is 49.3 cm³/mol. The summed E-state index contributed by atoms with van der Waals surface area (Å²) in [7, 11) is 1.88. The third-order valence-corrected chi connectivity index (χ3v) is 2.35. The molecule has 0 atom stereocenters. The molecule has 2 nitrogen and oxygen atoms in total. The second-order valence-corrected chi connectivity index (χ2v) is 3.21. The predicted octanol–water partition coefficient (Wildman–Crippen LogP) is 2.33. The molecule has 2 aromatic rings. The zero-order valence-corrected chi connectivity index (χ0v) is 7.50. The Balaban J connectivity index is 2.89. The van der Waals surface area contributed by atoms with Crippen molar-refractivity contribution in [1.29, 1.82) is 0 Å². The molecule has 0 bridgehead atoms. The normalized spacial score (nSPS) is 11.0. The van der Waals surface area contributed by atoms with Crippen molar-refractivity contribution >= 4 is 10.9 Å². The van der Waals surface area contributed by atoms with Gasteiger partial charge in [0.2, 0.25) is 0 Å². The topological polar surface area (TPSA) is 25.2 Å². The molecule has 0 aliphatic carbocycles. The Morgan fingerprint density at radius 1 is 1.31 bits per heavy atom. The van der Waals surface area contributed by atoms with Gasteiger partial charge in [0.1, 0.15) is 0 Å². The van der Waals surface area contributed by atoms with Crippen LogP contribution in [-0.2, 0) is 7.05 Å². The van der Waals surface area contributed by atoms with E-state index in [9.17, 15) is 4.39 Å². The fourth-order valence-corrected chi connectivity index (χ4v) is 1.48. The number of phenols is 1. The number of hydrogen-bond acceptors (Lipinski definition) is 1. The standard InChI is InChI=1S/C10H10FNO/c1-6-3-7-4-8(11)10(13)5-9(7)12(6)2/h3-5,13H,1-2H3. The lowest BCUT2D eigenvalue weighted by atomic mass is 10.2. The third kappa shape index (κ3) is 1.08. The maximum Gasteiger partial charge on any atom is 0.165 e. The first-order valence-corrected chi connectivity index (χ1v) is 4.04. The molecule has 1 heterocycles. The Kier molecular flexibility index (Phi) is 1.55. The first-order valence-electron chi connectivity index (χ1n) is 4.04. The van der Waals surface area contributed by atoms with E-state index in [2.05, 4.69) is 0 Å². The maximum absolute atomic E-state index is 12.9. The molecule has 68 valence electrons. The van der Waals surface area contributed by atoms with Crippen LogP contribution in [0, 0.1) is 12.7 Å². The van der Waals surface area contributed by atoms with E-state index in [1.165, 1.54) is 12.1 Å². The highest BCUT2D eigenvalue weighted by atomic mass is 19.1. The molecule has 13 heavy (non-hydrogen) atoms. The summed E-state index contributed by atoms with van der Waals surface area (Å²) in [4.78, 5) is 0. The van der Waals surface area contributed by atoms with Crippen molar-refractivity contribution < 1.29 is 9.50 Å². The number of aromatic nitrogens is 1. The molecule has 0 spiro atoms. The molecule has 0 aliphatic rings. The SMILES string of the molecule is Cc1cc2cc(F)c(O)cc2n1C. The van der Waals surface area contributed by atoms with Gasteiger partial charge in [-0.3, -0.25) is 0 Å². The molecule has 0 saturated heterocycles. The molecule has 0 aliphatic heterocycles. The van der Waals surface area contributed by atoms with Crippen LogP contribution in [0.15, 0.2) is 18.2 Å². The number of nitrogens with zero attached hydrogens (tertiary/aromatic N) is 1. The summed E-state index contributed by atoms with van der Waals surface area (Å²) in [6, 6.07) is 4.67. The van der Waals surface area contributed by atoms with E-state index in [1.54, 1.807) is 0 Å². The first kappa shape index (κ1) is 8.10. The summed E-state index contributed by atoms with van der Waals surface area (Å²) in [5.41, 5.74) is 1.89. The fourth-order valence-electron chi connectivity index (χ4n) is 1.48. The van der Waals surface area contributed by atoms with Crippen LogP contribution in [0.25, 0.3) is 10.9 Å². The first-order chi connectivity index (χ1) is 6.09. The van der Waals surface area contributed by atoms with Gasteiger partial charge < -0.3 is 9.67 Å². The fraction of sp³-hybridized carbons (Fsp3) is 0.200. The molecule has 0 amide bonds. The van der Waals surface area contributed by atoms with Gasteiger partial charge >= 0.3 is 0 Å². The number of halogens is 1. The molecular formula is C10H10FNO. The highest BCUT2D eigenvalue weighted by Crippen LogP contribution is 2.25. The highest BCUT2D eigenvalue weighted by Gasteiger charge is 2.07. The smallest absolute Gasteiger partial charge is 0.165 e. The van der Waals surface area contributed by atoms with Crippen molar-refractivity contribution in [3.63, 3.8) is 0 Å². The summed E-state index contributed by atoms with van der Waals surface area (Å²) >= 11 is 0. The lowest BCUT2D eigenvalue weighted by molar-refractivity contribution is 0.433. The van der Waals surface area contributed by atoms with E-state index < -0.39 is 5.82 Å². The second-order valence-electron chi connectivity index (χ2n) is 3.21. The Morgan fingerprint density at radius 3 is 2.69 bits per heavy atom. The minimum Gasteiger partial charge on any atom is -0.505 e. The van der Waals surface area contributed by atoms with Crippen molar-refractivity contribution in [2.24, 2.45) is 7.05 Å². The van der Waals surface area contributed by atoms with Crippen LogP contribution in [0.3, 0.4) is 0 Å². The molecular weight excluding hydrogens is 169 g/mol. The van der Waals surface area contributed by atoms with Crippen LogP contribution in [0.1, 0.15) is 5.69 Å². The van der Waals surface area contributed by atoms with Gasteiger partial charge in [-0.15, -0.1) is 0 Å². The Labute approximate surface area is 75.2 Å². The van der Waals surface area contributed by atoms with Crippen molar-refractivity contribution in [3.8, 4) is 5.75 Å². The van der Waals surface area contributed by atoms with E-state index in [0.717, 1.165) is 16.6 Å². The number of phenolic OH excluding ortho intramolecular Hbond substituents is 1. The lowest BCUT2D eigenvalue weighted by Crippen LogP contribution is -1.89. The molecule has 1 aromatic carbocycles. The molecule has 0 saturated carbocycles. The zero-order chi connectivity index (χ0) is 9.59. The van der Waals surface area contributed by atoms with Crippen LogP contribution >= 0.6 is 0 Å². The molecule has 0 unspecified atom stereocenters. The van der Waals surface area contributed by atoms with Crippen molar-refractivity contribution in [1.82, 2.24) is 4.57 Å². The van der Waals surface area contributed by atoms with Gasteiger partial charge in [0.05, 0.1) is 5.52 Å². The number of hydrogen-bond donors (Lipinski definition) is 1. The van der Waals surface area contributed by atoms with Crippen LogP contribution in [0.2, 0.25) is 0 Å². The number of aryl methyl sites for hydroxylation is 2. The summed E-state index contributed by atoms with van der Waals surface area (Å²) < 4.78 is 14.8. The van der Waals surface area contributed by atoms with Gasteiger partial charge in [-0.1, -0.05) is 0 Å². The van der Waals surface area contributed by atoms with E-state index in [4.69, 9.17) is 5.11 Å². The molecule has 2 rings (SSSR count). The number of benzene rings is 1. The quantitative estimate of drug-likeness (QED) is 0.659. The zero-order valence-electron chi connectivity index (χ0n) is 7.50. The van der Waals surface area contributed by atoms with Gasteiger partial charge in [-0.05, 0) is 19.1 Å². The highest BCUT2D eigenvalue weighted by molar-refractivity contribution is 5.82. The average molecular weight is 179 g/mol. The number of aromatic hydroxyl groups is 1. The van der Waals surface area contributed by atoms with Crippen LogP contribution in [0.5, 0.6) is 5.75 Å². The second kappa shape index (κ2) is 2.49. The number of rotatable bonds is 0. The average Bonchev–Trinajstić information content (AvgIpc) is 2.32. The Morgan fingerprint density at radius 2 is 2.00 bits per heavy atom. The molecule has 0 fully saturated rings. The van der Waals surface area contributed by atoms with Crippen LogP contribution in [-0.4, -0.2) is 9.67 Å². The van der Waals surface area contributed by atoms with Crippen LogP contribution < -0.4 is 0 Å². The molecule has 3 heteroatoms. The monoisotopic (exact) mass is 179 g/mol. The van der Waals surface area contributed by atoms with Crippen LogP contribution in [0.4, 0.5) is 4.39 Å². The Hall–Kier alpha value is -1.51. The maximum atomic E-state index is 12.9. The lowest BCUT2D eigenvalue weighted by Gasteiger charge is -1.99. The van der Waals surface area contributed by atoms with Gasteiger partial charge in [0, 0.05) is 24.2 Å². The van der Waals surface area contributed by atoms with Crippen molar-refractivity contribution in [3.05, 3.63) is 29.7 Å². The van der Waals surface area contributed by atoms with E-state index in [1.807, 2.05) is 24.6 Å². The summed E-state index contributed by atoms with van der Waals surface area (Å²) in [5, 5.41) is 9.98. The Bertz CT molecular complexity index is 473. The number of fused-ring (bicyclic) bond motifs is 1. The van der Waals surface area contributed by atoms with Gasteiger partial charge in [-0.2, -0.15) is 0 Å². The summed E-state index contributed by atoms with van der Waals surface area (Å²) in [6.07, 6.45) is 0. The van der Waals surface area contributed by atoms with Gasteiger partial charge in [-0.25, -0.2) is 4.39 Å². The van der Waals surface area contributed by atoms with E-state index >= 15 is 0 Å². The minimum atomic E-state index is -0.571. The minimum absolute atomic E-state index is 0.297. The van der Waals surface area contributed by atoms with Gasteiger partial charge in [0.15, 0.2) is 11.6 Å². The molecule has 1 N–H and O–H groups in total. The largest absolute Gasteiger partial charge is 0.505 e. The van der Waals surface area contributed by atoms with E-state index in [0.29, 0.717) is 0 Å². The van der Waals surface area contributed by atoms with Crippen molar-refractivity contribution in [2.75, 3.05) is 0 Å². The summed E-state index contributed by atoms with van der Waals surface area (Å²) in [5.74, 6) is -0.869. The van der Waals surface area contributed by atoms with Gasteiger partial charge in [0.25, 0.3) is 0 Å². The molecule has 0 radical (unpaired) electrons. The molecule has 1 aromatic heterocycles. The third-order valence-electron chi connectivity index (χ3n) is 2.35. The van der Waals surface area contributed by atoms with Crippen molar-refractivity contribution in [2.45, 2.75) is 6.92 Å².